The number of rotatable bonds is 6. The standard InChI is InChI=1S/C16H13F2N3O3S2/c17-15(18)26(23,24)11-7-5-10(6-8-11)19-14(22)9-25-16-20-12-3-1-2-4-13(12)21-16/h1-8,15H,9H2,(H,19,22)(H,20,21). The largest absolute Gasteiger partial charge is 0.341 e. The van der Waals surface area contributed by atoms with Crippen LogP contribution < -0.4 is 5.32 Å². The Morgan fingerprint density at radius 3 is 2.50 bits per heavy atom. The van der Waals surface area contributed by atoms with E-state index in [1.165, 1.54) is 23.9 Å². The number of anilines is 1. The number of halogens is 2. The summed E-state index contributed by atoms with van der Waals surface area (Å²) in [4.78, 5) is 18.9. The van der Waals surface area contributed by atoms with Crippen LogP contribution >= 0.6 is 11.8 Å². The van der Waals surface area contributed by atoms with E-state index >= 15 is 0 Å². The first-order chi connectivity index (χ1) is 12.4. The third kappa shape index (κ3) is 4.02. The van der Waals surface area contributed by atoms with Crippen LogP contribution in [0.1, 0.15) is 0 Å². The molecule has 0 saturated heterocycles. The average Bonchev–Trinajstić information content (AvgIpc) is 3.03. The molecule has 1 amide bonds. The summed E-state index contributed by atoms with van der Waals surface area (Å²) >= 11 is 1.21. The molecule has 0 unspecified atom stereocenters. The van der Waals surface area contributed by atoms with Crippen LogP contribution in [0.15, 0.2) is 58.6 Å². The van der Waals surface area contributed by atoms with Crippen LogP contribution in [0.2, 0.25) is 0 Å². The van der Waals surface area contributed by atoms with Crippen molar-refractivity contribution in [3.8, 4) is 0 Å². The number of nitrogens with one attached hydrogen (secondary N) is 2. The fourth-order valence-corrected chi connectivity index (χ4v) is 3.57. The van der Waals surface area contributed by atoms with Gasteiger partial charge in [-0.3, -0.25) is 4.79 Å². The van der Waals surface area contributed by atoms with Gasteiger partial charge in [-0.2, -0.15) is 8.78 Å². The Morgan fingerprint density at radius 2 is 1.85 bits per heavy atom. The van der Waals surface area contributed by atoms with Crippen molar-refractivity contribution in [2.24, 2.45) is 0 Å². The van der Waals surface area contributed by atoms with Crippen LogP contribution in [0.3, 0.4) is 0 Å². The van der Waals surface area contributed by atoms with Crippen molar-refractivity contribution in [3.63, 3.8) is 0 Å². The van der Waals surface area contributed by atoms with E-state index in [-0.39, 0.29) is 11.7 Å². The van der Waals surface area contributed by atoms with E-state index in [0.717, 1.165) is 23.2 Å². The van der Waals surface area contributed by atoms with Crippen LogP contribution in [-0.4, -0.2) is 35.8 Å². The zero-order chi connectivity index (χ0) is 18.7. The zero-order valence-corrected chi connectivity index (χ0v) is 14.8. The highest BCUT2D eigenvalue weighted by Crippen LogP contribution is 2.21. The predicted molar refractivity (Wildman–Crippen MR) is 95.1 cm³/mol. The van der Waals surface area contributed by atoms with E-state index in [2.05, 4.69) is 15.3 Å². The minimum absolute atomic E-state index is 0.0803. The number of imidazole rings is 1. The number of para-hydroxylation sites is 2. The lowest BCUT2D eigenvalue weighted by Gasteiger charge is -2.06. The average molecular weight is 397 g/mol. The van der Waals surface area contributed by atoms with Gasteiger partial charge >= 0.3 is 5.76 Å². The maximum atomic E-state index is 12.5. The van der Waals surface area contributed by atoms with E-state index < -0.39 is 20.5 Å². The van der Waals surface area contributed by atoms with Crippen molar-refractivity contribution in [3.05, 3.63) is 48.5 Å². The summed E-state index contributed by atoms with van der Waals surface area (Å²) in [6.45, 7) is 0. The number of aromatic amines is 1. The Balaban J connectivity index is 1.59. The van der Waals surface area contributed by atoms with Gasteiger partial charge in [0.15, 0.2) is 5.16 Å². The van der Waals surface area contributed by atoms with Gasteiger partial charge in [-0.25, -0.2) is 13.4 Å². The van der Waals surface area contributed by atoms with Crippen molar-refractivity contribution in [1.29, 1.82) is 0 Å². The van der Waals surface area contributed by atoms with Gasteiger partial charge in [0.2, 0.25) is 15.7 Å². The van der Waals surface area contributed by atoms with Gasteiger partial charge in [-0.15, -0.1) is 0 Å². The summed E-state index contributed by atoms with van der Waals surface area (Å²) in [5.41, 5.74) is 1.98. The van der Waals surface area contributed by atoms with E-state index in [4.69, 9.17) is 0 Å². The molecule has 0 bridgehead atoms. The molecular formula is C16H13F2N3O3S2. The summed E-state index contributed by atoms with van der Waals surface area (Å²) in [6.07, 6.45) is 0. The second-order valence-electron chi connectivity index (χ2n) is 5.23. The molecule has 2 N–H and O–H groups in total. The molecular weight excluding hydrogens is 384 g/mol. The molecule has 0 atom stereocenters. The number of benzene rings is 2. The molecule has 0 aliphatic rings. The van der Waals surface area contributed by atoms with Crippen LogP contribution in [0.25, 0.3) is 11.0 Å². The highest BCUT2D eigenvalue weighted by atomic mass is 32.2. The fraction of sp³-hybridized carbons (Fsp3) is 0.125. The van der Waals surface area contributed by atoms with Crippen molar-refractivity contribution in [1.82, 2.24) is 9.97 Å². The van der Waals surface area contributed by atoms with Gasteiger partial charge < -0.3 is 10.3 Å². The van der Waals surface area contributed by atoms with Crippen molar-refractivity contribution >= 4 is 44.2 Å². The van der Waals surface area contributed by atoms with Gasteiger partial charge in [0.05, 0.1) is 21.7 Å². The molecule has 6 nitrogen and oxygen atoms in total. The minimum Gasteiger partial charge on any atom is -0.333 e. The third-order valence-corrected chi connectivity index (χ3v) is 5.68. The van der Waals surface area contributed by atoms with E-state index in [1.54, 1.807) is 0 Å². The molecule has 0 saturated carbocycles. The molecule has 10 heteroatoms. The number of hydrogen-bond acceptors (Lipinski definition) is 5. The van der Waals surface area contributed by atoms with Gasteiger partial charge in [0.25, 0.3) is 0 Å². The number of carbonyl (C=O) groups is 1. The lowest BCUT2D eigenvalue weighted by molar-refractivity contribution is -0.113. The number of nitrogens with zero attached hydrogens (tertiary/aromatic N) is 1. The molecule has 26 heavy (non-hydrogen) atoms. The first-order valence-electron chi connectivity index (χ1n) is 7.36. The Kier molecular flexibility index (Phi) is 5.23. The normalized spacial score (nSPS) is 11.8. The van der Waals surface area contributed by atoms with Gasteiger partial charge in [0, 0.05) is 5.69 Å². The molecule has 3 rings (SSSR count). The number of fused-ring (bicyclic) bond motifs is 1. The topological polar surface area (TPSA) is 91.9 Å². The van der Waals surface area contributed by atoms with Crippen LogP contribution in [0.4, 0.5) is 14.5 Å². The number of alkyl halides is 2. The highest BCUT2D eigenvalue weighted by Gasteiger charge is 2.26. The fourth-order valence-electron chi connectivity index (χ4n) is 2.16. The van der Waals surface area contributed by atoms with E-state index in [9.17, 15) is 22.0 Å². The summed E-state index contributed by atoms with van der Waals surface area (Å²) in [5, 5.41) is 3.17. The molecule has 0 aliphatic heterocycles. The number of hydrogen-bond donors (Lipinski definition) is 2. The van der Waals surface area contributed by atoms with E-state index in [1.807, 2.05) is 24.3 Å². The number of sulfone groups is 1. The third-order valence-electron chi connectivity index (χ3n) is 3.41. The molecule has 0 radical (unpaired) electrons. The quantitative estimate of drug-likeness (QED) is 0.623. The highest BCUT2D eigenvalue weighted by molar-refractivity contribution is 7.99. The van der Waals surface area contributed by atoms with Crippen LogP contribution in [0, 0.1) is 0 Å². The van der Waals surface area contributed by atoms with Gasteiger partial charge in [-0.05, 0) is 36.4 Å². The zero-order valence-electron chi connectivity index (χ0n) is 13.1. The van der Waals surface area contributed by atoms with Crippen molar-refractivity contribution in [2.45, 2.75) is 15.8 Å². The number of aromatic nitrogens is 2. The number of thioether (sulfide) groups is 1. The molecule has 136 valence electrons. The number of H-pyrrole nitrogens is 1. The Bertz CT molecular complexity index is 1000. The van der Waals surface area contributed by atoms with Gasteiger partial charge in [-0.1, -0.05) is 23.9 Å². The maximum absolute atomic E-state index is 12.5. The molecule has 1 aromatic heterocycles. The molecule has 0 spiro atoms. The Labute approximate surface area is 151 Å². The SMILES string of the molecule is O=C(CSc1nc2ccccc2[nH]1)Nc1ccc(S(=O)(=O)C(F)F)cc1. The second-order valence-corrected chi connectivity index (χ2v) is 8.11. The minimum atomic E-state index is -4.64. The maximum Gasteiger partial charge on any atom is 0.341 e. The Morgan fingerprint density at radius 1 is 1.15 bits per heavy atom. The Hall–Kier alpha value is -2.46. The summed E-state index contributed by atoms with van der Waals surface area (Å²) < 4.78 is 47.7. The summed E-state index contributed by atoms with van der Waals surface area (Å²) in [7, 11) is -4.64. The lowest BCUT2D eigenvalue weighted by Crippen LogP contribution is -2.15. The van der Waals surface area contributed by atoms with Crippen molar-refractivity contribution < 1.29 is 22.0 Å². The first-order valence-corrected chi connectivity index (χ1v) is 9.89. The van der Waals surface area contributed by atoms with E-state index in [0.29, 0.717) is 10.8 Å². The van der Waals surface area contributed by atoms with Crippen LogP contribution in [0.5, 0.6) is 0 Å². The first kappa shape index (κ1) is 18.3. The summed E-state index contributed by atoms with van der Waals surface area (Å²) in [5.74, 6) is -3.74. The molecule has 1 heterocycles. The smallest absolute Gasteiger partial charge is 0.333 e. The number of amides is 1. The van der Waals surface area contributed by atoms with Crippen molar-refractivity contribution in [2.75, 3.05) is 11.1 Å². The summed E-state index contributed by atoms with van der Waals surface area (Å²) in [6, 6.07) is 12.1. The predicted octanol–water partition coefficient (Wildman–Crippen LogP) is 3.29. The second kappa shape index (κ2) is 7.42. The molecule has 0 fully saturated rings. The number of carbonyl (C=O) groups excluding carboxylic acids is 1. The lowest BCUT2D eigenvalue weighted by atomic mass is 10.3. The monoisotopic (exact) mass is 397 g/mol. The molecule has 0 aliphatic carbocycles. The van der Waals surface area contributed by atoms with Crippen LogP contribution in [-0.2, 0) is 14.6 Å². The van der Waals surface area contributed by atoms with Gasteiger partial charge in [0.1, 0.15) is 0 Å². The molecule has 3 aromatic rings. The molecule has 2 aromatic carbocycles.